The van der Waals surface area contributed by atoms with Crippen LogP contribution in [0.3, 0.4) is 0 Å². The molecule has 0 fully saturated rings. The molecule has 2 aromatic carbocycles. The second-order valence-electron chi connectivity index (χ2n) is 4.97. The lowest BCUT2D eigenvalue weighted by atomic mass is 10.1. The minimum absolute atomic E-state index is 0.733. The van der Waals surface area contributed by atoms with Crippen LogP contribution in [0.5, 0.6) is 0 Å². The highest BCUT2D eigenvalue weighted by Crippen LogP contribution is 2.15. The zero-order valence-electron chi connectivity index (χ0n) is 12.1. The van der Waals surface area contributed by atoms with E-state index >= 15 is 0 Å². The number of rotatable bonds is 3. The molecule has 21 heavy (non-hydrogen) atoms. The van der Waals surface area contributed by atoms with Crippen molar-refractivity contribution < 1.29 is 0 Å². The highest BCUT2D eigenvalue weighted by Gasteiger charge is 2.05. The van der Waals surface area contributed by atoms with Gasteiger partial charge in [0.2, 0.25) is 0 Å². The van der Waals surface area contributed by atoms with Gasteiger partial charge in [-0.15, -0.1) is 10.2 Å². The van der Waals surface area contributed by atoms with Crippen molar-refractivity contribution in [2.45, 2.75) is 13.8 Å². The summed E-state index contributed by atoms with van der Waals surface area (Å²) in [7, 11) is 0. The summed E-state index contributed by atoms with van der Waals surface area (Å²) < 4.78 is 1.69. The fourth-order valence-electron chi connectivity index (χ4n) is 2.19. The number of aryl methyl sites for hydroxylation is 2. The Morgan fingerprint density at radius 2 is 1.86 bits per heavy atom. The molecule has 0 amide bonds. The van der Waals surface area contributed by atoms with Crippen molar-refractivity contribution in [3.8, 4) is 11.4 Å². The van der Waals surface area contributed by atoms with Gasteiger partial charge in [0, 0.05) is 5.56 Å². The normalized spacial score (nSPS) is 11.1. The molecule has 4 nitrogen and oxygen atoms in total. The van der Waals surface area contributed by atoms with Crippen LogP contribution < -0.4 is 0 Å². The van der Waals surface area contributed by atoms with E-state index in [2.05, 4.69) is 47.3 Å². The summed E-state index contributed by atoms with van der Waals surface area (Å²) >= 11 is 0. The molecule has 0 aliphatic carbocycles. The van der Waals surface area contributed by atoms with Crippen LogP contribution in [0, 0.1) is 13.8 Å². The Kier molecular flexibility index (Phi) is 3.60. The van der Waals surface area contributed by atoms with Crippen LogP contribution in [-0.4, -0.2) is 21.1 Å². The molecule has 0 spiro atoms. The maximum absolute atomic E-state index is 4.47. The first-order valence-electron chi connectivity index (χ1n) is 6.81. The average Bonchev–Trinajstić information content (AvgIpc) is 2.96. The van der Waals surface area contributed by atoms with Crippen LogP contribution in [0.15, 0.2) is 60.0 Å². The molecule has 104 valence electrons. The molecule has 0 bridgehead atoms. The predicted octanol–water partition coefficient (Wildman–Crippen LogP) is 3.44. The third-order valence-electron chi connectivity index (χ3n) is 3.31. The van der Waals surface area contributed by atoms with Crippen molar-refractivity contribution in [2.75, 3.05) is 0 Å². The monoisotopic (exact) mass is 276 g/mol. The van der Waals surface area contributed by atoms with Crippen molar-refractivity contribution in [2.24, 2.45) is 5.10 Å². The van der Waals surface area contributed by atoms with Gasteiger partial charge in [-0.25, -0.2) is 0 Å². The summed E-state index contributed by atoms with van der Waals surface area (Å²) in [6.45, 7) is 4.17. The van der Waals surface area contributed by atoms with E-state index < -0.39 is 0 Å². The van der Waals surface area contributed by atoms with Gasteiger partial charge in [0.15, 0.2) is 5.82 Å². The summed E-state index contributed by atoms with van der Waals surface area (Å²) in [4.78, 5) is 0. The smallest absolute Gasteiger partial charge is 0.184 e. The Balaban J connectivity index is 1.93. The third kappa shape index (κ3) is 2.89. The van der Waals surface area contributed by atoms with Gasteiger partial charge in [-0.05, 0) is 25.0 Å². The molecule has 1 heterocycles. The molecular weight excluding hydrogens is 260 g/mol. The zero-order valence-corrected chi connectivity index (χ0v) is 12.1. The molecule has 1 aromatic heterocycles. The summed E-state index contributed by atoms with van der Waals surface area (Å²) in [5, 5.41) is 12.6. The fourth-order valence-corrected chi connectivity index (χ4v) is 2.19. The SMILES string of the molecule is Cc1ccc(/C=N\n2cnnc2-c2ccccc2)c(C)c1. The van der Waals surface area contributed by atoms with Gasteiger partial charge in [-0.3, -0.25) is 0 Å². The summed E-state index contributed by atoms with van der Waals surface area (Å²) in [5.74, 6) is 0.733. The topological polar surface area (TPSA) is 43.1 Å². The quantitative estimate of drug-likeness (QED) is 0.688. The highest BCUT2D eigenvalue weighted by atomic mass is 15.4. The number of hydrogen-bond donors (Lipinski definition) is 0. The van der Waals surface area contributed by atoms with Gasteiger partial charge in [0.1, 0.15) is 6.33 Å². The van der Waals surface area contributed by atoms with E-state index in [1.807, 2.05) is 36.5 Å². The molecule has 3 rings (SSSR count). The van der Waals surface area contributed by atoms with Gasteiger partial charge in [-0.2, -0.15) is 9.78 Å². The van der Waals surface area contributed by atoms with Crippen LogP contribution in [0.4, 0.5) is 0 Å². The lowest BCUT2D eigenvalue weighted by Gasteiger charge is -2.02. The molecule has 0 aliphatic heterocycles. The number of hydrogen-bond acceptors (Lipinski definition) is 3. The largest absolute Gasteiger partial charge is 0.200 e. The average molecular weight is 276 g/mol. The van der Waals surface area contributed by atoms with Crippen LogP contribution >= 0.6 is 0 Å². The number of benzene rings is 2. The Morgan fingerprint density at radius 1 is 1.05 bits per heavy atom. The fraction of sp³-hybridized carbons (Fsp3) is 0.118. The Hall–Kier alpha value is -2.75. The summed E-state index contributed by atoms with van der Waals surface area (Å²) in [6, 6.07) is 16.2. The van der Waals surface area contributed by atoms with E-state index in [1.165, 1.54) is 11.1 Å². The molecular formula is C17H16N4. The Labute approximate surface area is 123 Å². The van der Waals surface area contributed by atoms with E-state index in [9.17, 15) is 0 Å². The second-order valence-corrected chi connectivity index (χ2v) is 4.97. The minimum atomic E-state index is 0.733. The number of nitrogens with zero attached hydrogens (tertiary/aromatic N) is 4. The van der Waals surface area contributed by atoms with Crippen molar-refractivity contribution >= 4 is 6.21 Å². The minimum Gasteiger partial charge on any atom is -0.200 e. The van der Waals surface area contributed by atoms with E-state index in [0.717, 1.165) is 17.0 Å². The molecule has 0 atom stereocenters. The van der Waals surface area contributed by atoms with Gasteiger partial charge in [0.05, 0.1) is 6.21 Å². The van der Waals surface area contributed by atoms with Crippen molar-refractivity contribution in [3.05, 3.63) is 71.5 Å². The summed E-state index contributed by atoms with van der Waals surface area (Å²) in [5.41, 5.74) is 4.54. The third-order valence-corrected chi connectivity index (χ3v) is 3.31. The summed E-state index contributed by atoms with van der Waals surface area (Å²) in [6.07, 6.45) is 3.45. The maximum atomic E-state index is 4.47. The van der Waals surface area contributed by atoms with Gasteiger partial charge in [-0.1, -0.05) is 54.1 Å². The molecule has 0 saturated heterocycles. The van der Waals surface area contributed by atoms with E-state index in [1.54, 1.807) is 11.0 Å². The van der Waals surface area contributed by atoms with E-state index in [-0.39, 0.29) is 0 Å². The first-order valence-corrected chi connectivity index (χ1v) is 6.81. The van der Waals surface area contributed by atoms with Crippen molar-refractivity contribution in [1.29, 1.82) is 0 Å². The standard InChI is InChI=1S/C17H16N4/c1-13-8-9-16(14(2)10-13)11-19-21-12-18-20-17(21)15-6-4-3-5-7-15/h3-12H,1-2H3/b19-11-. The Morgan fingerprint density at radius 3 is 2.62 bits per heavy atom. The molecule has 0 unspecified atom stereocenters. The van der Waals surface area contributed by atoms with Gasteiger partial charge >= 0.3 is 0 Å². The van der Waals surface area contributed by atoms with Crippen LogP contribution in [0.1, 0.15) is 16.7 Å². The van der Waals surface area contributed by atoms with Crippen LogP contribution in [-0.2, 0) is 0 Å². The van der Waals surface area contributed by atoms with E-state index in [4.69, 9.17) is 0 Å². The lowest BCUT2D eigenvalue weighted by Crippen LogP contribution is -1.95. The molecule has 0 aliphatic rings. The van der Waals surface area contributed by atoms with Crippen LogP contribution in [0.25, 0.3) is 11.4 Å². The van der Waals surface area contributed by atoms with Crippen molar-refractivity contribution in [3.63, 3.8) is 0 Å². The zero-order chi connectivity index (χ0) is 14.7. The van der Waals surface area contributed by atoms with E-state index in [0.29, 0.717) is 0 Å². The maximum Gasteiger partial charge on any atom is 0.184 e. The first kappa shape index (κ1) is 13.2. The molecule has 0 saturated carbocycles. The number of aromatic nitrogens is 3. The molecule has 0 radical (unpaired) electrons. The highest BCUT2D eigenvalue weighted by molar-refractivity contribution is 5.81. The van der Waals surface area contributed by atoms with Crippen molar-refractivity contribution in [1.82, 2.24) is 14.9 Å². The Bertz CT molecular complexity index is 772. The first-order chi connectivity index (χ1) is 10.2. The predicted molar refractivity (Wildman–Crippen MR) is 84.4 cm³/mol. The molecule has 0 N–H and O–H groups in total. The molecule has 3 aromatic rings. The van der Waals surface area contributed by atoms with Gasteiger partial charge in [0.25, 0.3) is 0 Å². The van der Waals surface area contributed by atoms with Crippen LogP contribution in [0.2, 0.25) is 0 Å². The lowest BCUT2D eigenvalue weighted by molar-refractivity contribution is 0.888. The van der Waals surface area contributed by atoms with Gasteiger partial charge < -0.3 is 0 Å². The molecule has 4 heteroatoms. The second kappa shape index (κ2) is 5.71.